The predicted molar refractivity (Wildman–Crippen MR) is 79.6 cm³/mol. The maximum Gasteiger partial charge on any atom is 0.417 e. The second kappa shape index (κ2) is 7.43. The lowest BCUT2D eigenvalue weighted by molar-refractivity contribution is -0.138. The van der Waals surface area contributed by atoms with Gasteiger partial charge in [0, 0.05) is 10.2 Å². The first-order valence-electron chi connectivity index (χ1n) is 6.85. The number of nitrogens with one attached hydrogen (secondary N) is 2. The Balaban J connectivity index is 1.91. The van der Waals surface area contributed by atoms with Crippen LogP contribution in [0.25, 0.3) is 0 Å². The second-order valence-electron chi connectivity index (χ2n) is 5.00. The number of alkyl halides is 3. The number of ether oxygens (including phenoxy) is 1. The van der Waals surface area contributed by atoms with Crippen molar-refractivity contribution in [3.05, 3.63) is 28.2 Å². The zero-order valence-electron chi connectivity index (χ0n) is 11.7. The van der Waals surface area contributed by atoms with Gasteiger partial charge in [-0.1, -0.05) is 15.9 Å². The molecule has 8 heteroatoms. The quantitative estimate of drug-likeness (QED) is 0.843. The number of benzene rings is 1. The molecule has 1 aliphatic rings. The Morgan fingerprint density at radius 2 is 2.05 bits per heavy atom. The van der Waals surface area contributed by atoms with Crippen molar-refractivity contribution in [1.82, 2.24) is 5.32 Å². The van der Waals surface area contributed by atoms with Gasteiger partial charge in [0.2, 0.25) is 5.91 Å². The summed E-state index contributed by atoms with van der Waals surface area (Å²) in [7, 11) is 0. The zero-order valence-corrected chi connectivity index (χ0v) is 13.3. The van der Waals surface area contributed by atoms with Gasteiger partial charge in [0.25, 0.3) is 0 Å². The maximum atomic E-state index is 12.8. The number of anilines is 1. The molecular formula is C14H16BrF3N2O2. The average Bonchev–Trinajstić information content (AvgIpc) is 2.47. The Morgan fingerprint density at radius 3 is 2.68 bits per heavy atom. The summed E-state index contributed by atoms with van der Waals surface area (Å²) in [5.74, 6) is -0.464. The average molecular weight is 381 g/mol. The number of carbonyl (C=O) groups is 1. The minimum atomic E-state index is -4.48. The predicted octanol–water partition coefficient (Wildman–Crippen LogP) is 3.18. The third-order valence-electron chi connectivity index (χ3n) is 3.29. The van der Waals surface area contributed by atoms with E-state index >= 15 is 0 Å². The van der Waals surface area contributed by atoms with Crippen LogP contribution in [0.3, 0.4) is 0 Å². The Bertz CT molecular complexity index is 531. The van der Waals surface area contributed by atoms with E-state index in [1.807, 2.05) is 0 Å². The van der Waals surface area contributed by atoms with E-state index in [1.54, 1.807) is 0 Å². The highest BCUT2D eigenvalue weighted by Gasteiger charge is 2.33. The molecule has 0 saturated carbocycles. The number of hydrogen-bond donors (Lipinski definition) is 2. The van der Waals surface area contributed by atoms with Crippen LogP contribution in [0.4, 0.5) is 18.9 Å². The molecule has 122 valence electrons. The molecule has 0 spiro atoms. The summed E-state index contributed by atoms with van der Waals surface area (Å²) < 4.78 is 43.7. The fourth-order valence-electron chi connectivity index (χ4n) is 2.17. The van der Waals surface area contributed by atoms with E-state index in [-0.39, 0.29) is 22.9 Å². The van der Waals surface area contributed by atoms with Gasteiger partial charge in [0.15, 0.2) is 0 Å². The number of piperidine rings is 1. The molecule has 1 fully saturated rings. The second-order valence-corrected chi connectivity index (χ2v) is 5.86. The third-order valence-corrected chi connectivity index (χ3v) is 3.98. The number of amides is 1. The normalized spacial score (nSPS) is 16.5. The van der Waals surface area contributed by atoms with Crippen molar-refractivity contribution in [1.29, 1.82) is 0 Å². The van der Waals surface area contributed by atoms with E-state index in [9.17, 15) is 18.0 Å². The SMILES string of the molecule is O=C(COC1CCNCC1)Nc1ccc(Br)c(C(F)(F)F)c1. The van der Waals surface area contributed by atoms with E-state index in [0.717, 1.165) is 32.0 Å². The Labute approximate surface area is 134 Å². The van der Waals surface area contributed by atoms with Crippen molar-refractivity contribution in [2.24, 2.45) is 0 Å². The number of rotatable bonds is 4. The summed E-state index contributed by atoms with van der Waals surface area (Å²) in [6.07, 6.45) is -2.82. The number of carbonyl (C=O) groups excluding carboxylic acids is 1. The van der Waals surface area contributed by atoms with Gasteiger partial charge in [-0.05, 0) is 44.1 Å². The molecular weight excluding hydrogens is 365 g/mol. The van der Waals surface area contributed by atoms with E-state index in [2.05, 4.69) is 26.6 Å². The fraction of sp³-hybridized carbons (Fsp3) is 0.500. The van der Waals surface area contributed by atoms with Crippen LogP contribution in [0.1, 0.15) is 18.4 Å². The molecule has 1 amide bonds. The summed E-state index contributed by atoms with van der Waals surface area (Å²) in [4.78, 5) is 11.8. The van der Waals surface area contributed by atoms with Gasteiger partial charge in [-0.3, -0.25) is 4.79 Å². The summed E-state index contributed by atoms with van der Waals surface area (Å²) in [5.41, 5.74) is -0.737. The van der Waals surface area contributed by atoms with Crippen molar-refractivity contribution in [3.8, 4) is 0 Å². The van der Waals surface area contributed by atoms with E-state index < -0.39 is 17.6 Å². The third kappa shape index (κ3) is 4.96. The van der Waals surface area contributed by atoms with Crippen LogP contribution in [0.5, 0.6) is 0 Å². The Morgan fingerprint density at radius 1 is 1.36 bits per heavy atom. The number of halogens is 4. The number of hydrogen-bond acceptors (Lipinski definition) is 3. The summed E-state index contributed by atoms with van der Waals surface area (Å²) in [5, 5.41) is 5.60. The first kappa shape index (κ1) is 17.2. The van der Waals surface area contributed by atoms with Gasteiger partial charge in [-0.25, -0.2) is 0 Å². The van der Waals surface area contributed by atoms with Crippen molar-refractivity contribution in [2.75, 3.05) is 25.0 Å². The summed E-state index contributed by atoms with van der Waals surface area (Å²) in [6, 6.07) is 3.56. The van der Waals surface area contributed by atoms with E-state index in [1.165, 1.54) is 12.1 Å². The largest absolute Gasteiger partial charge is 0.417 e. The van der Waals surface area contributed by atoms with Crippen LogP contribution >= 0.6 is 15.9 Å². The summed E-state index contributed by atoms with van der Waals surface area (Å²) in [6.45, 7) is 1.52. The molecule has 1 heterocycles. The first-order valence-corrected chi connectivity index (χ1v) is 7.64. The minimum Gasteiger partial charge on any atom is -0.368 e. The van der Waals surface area contributed by atoms with E-state index in [4.69, 9.17) is 4.74 Å². The van der Waals surface area contributed by atoms with Gasteiger partial charge in [-0.15, -0.1) is 0 Å². The molecule has 0 bridgehead atoms. The molecule has 0 aromatic heterocycles. The molecule has 4 nitrogen and oxygen atoms in total. The fourth-order valence-corrected chi connectivity index (χ4v) is 2.64. The van der Waals surface area contributed by atoms with Crippen LogP contribution in [0.2, 0.25) is 0 Å². The van der Waals surface area contributed by atoms with Gasteiger partial charge in [0.05, 0.1) is 11.7 Å². The van der Waals surface area contributed by atoms with Crippen LogP contribution in [0, 0.1) is 0 Å². The van der Waals surface area contributed by atoms with Crippen LogP contribution in [-0.4, -0.2) is 31.7 Å². The highest BCUT2D eigenvalue weighted by Crippen LogP contribution is 2.36. The van der Waals surface area contributed by atoms with Crippen molar-refractivity contribution < 1.29 is 22.7 Å². The lowest BCUT2D eigenvalue weighted by Crippen LogP contribution is -2.34. The Hall–Kier alpha value is -1.12. The molecule has 2 rings (SSSR count). The molecule has 22 heavy (non-hydrogen) atoms. The van der Waals surface area contributed by atoms with Crippen molar-refractivity contribution >= 4 is 27.5 Å². The molecule has 0 atom stereocenters. The van der Waals surface area contributed by atoms with Crippen molar-refractivity contribution in [2.45, 2.75) is 25.1 Å². The van der Waals surface area contributed by atoms with Crippen LogP contribution in [0.15, 0.2) is 22.7 Å². The van der Waals surface area contributed by atoms with E-state index in [0.29, 0.717) is 0 Å². The molecule has 1 aromatic rings. The zero-order chi connectivity index (χ0) is 16.2. The Kier molecular flexibility index (Phi) is 5.82. The molecule has 0 aliphatic carbocycles. The van der Waals surface area contributed by atoms with Gasteiger partial charge < -0.3 is 15.4 Å². The first-order chi connectivity index (χ1) is 10.4. The van der Waals surface area contributed by atoms with Crippen LogP contribution in [-0.2, 0) is 15.7 Å². The molecule has 1 aromatic carbocycles. The van der Waals surface area contributed by atoms with Gasteiger partial charge in [0.1, 0.15) is 6.61 Å². The monoisotopic (exact) mass is 380 g/mol. The molecule has 0 unspecified atom stereocenters. The smallest absolute Gasteiger partial charge is 0.368 e. The highest BCUT2D eigenvalue weighted by molar-refractivity contribution is 9.10. The van der Waals surface area contributed by atoms with Gasteiger partial charge >= 0.3 is 6.18 Å². The molecule has 0 radical (unpaired) electrons. The highest BCUT2D eigenvalue weighted by atomic mass is 79.9. The lowest BCUT2D eigenvalue weighted by atomic mass is 10.1. The molecule has 1 saturated heterocycles. The lowest BCUT2D eigenvalue weighted by Gasteiger charge is -2.22. The standard InChI is InChI=1S/C14H16BrF3N2O2/c15-12-2-1-9(7-11(12)14(16,17)18)20-13(21)8-22-10-3-5-19-6-4-10/h1-2,7,10,19H,3-6,8H2,(H,20,21). The van der Waals surface area contributed by atoms with Crippen LogP contribution < -0.4 is 10.6 Å². The maximum absolute atomic E-state index is 12.8. The topological polar surface area (TPSA) is 50.4 Å². The minimum absolute atomic E-state index is 0.0163. The van der Waals surface area contributed by atoms with Crippen molar-refractivity contribution in [3.63, 3.8) is 0 Å². The molecule has 1 aliphatic heterocycles. The summed E-state index contributed by atoms with van der Waals surface area (Å²) >= 11 is 2.85. The van der Waals surface area contributed by atoms with Gasteiger partial charge in [-0.2, -0.15) is 13.2 Å². The molecule has 2 N–H and O–H groups in total.